The number of nitrogens with two attached hydrogens (primary N) is 1. The second-order valence-electron chi connectivity index (χ2n) is 10.1. The number of nitro groups is 1. The first-order valence-corrected chi connectivity index (χ1v) is 16.2. The number of aromatic hydroxyl groups is 1. The van der Waals surface area contributed by atoms with Crippen LogP contribution in [-0.2, 0) is 20.2 Å². The van der Waals surface area contributed by atoms with Gasteiger partial charge >= 0.3 is 5.97 Å². The smallest absolute Gasteiger partial charge is 0.342 e. The number of phenols is 1. The molecule has 0 aliphatic heterocycles. The predicted octanol–water partition coefficient (Wildman–Crippen LogP) is 4.10. The van der Waals surface area contributed by atoms with Crippen LogP contribution in [0.3, 0.4) is 0 Å². The van der Waals surface area contributed by atoms with Crippen molar-refractivity contribution in [3.63, 3.8) is 0 Å². The van der Waals surface area contributed by atoms with Crippen LogP contribution in [0.2, 0.25) is 0 Å². The van der Waals surface area contributed by atoms with Gasteiger partial charge in [-0.15, -0.1) is 10.2 Å². The number of azo groups is 2. The number of fused-ring (bicyclic) bond motifs is 1. The molecule has 49 heavy (non-hydrogen) atoms. The zero-order chi connectivity index (χ0) is 36.4. The van der Waals surface area contributed by atoms with Crippen LogP contribution in [0.4, 0.5) is 34.1 Å². The van der Waals surface area contributed by atoms with E-state index < -0.39 is 88.6 Å². The Morgan fingerprint density at radius 1 is 0.959 bits per heavy atom. The highest BCUT2D eigenvalue weighted by Gasteiger charge is 2.25. The minimum atomic E-state index is -5.16. The normalized spacial score (nSPS) is 12.9. The summed E-state index contributed by atoms with van der Waals surface area (Å²) in [6.45, 7) is 0.299. The summed E-state index contributed by atoms with van der Waals surface area (Å²) in [4.78, 5) is 19.9. The lowest BCUT2D eigenvalue weighted by Crippen LogP contribution is -2.21. The predicted molar refractivity (Wildman–Crippen MR) is 168 cm³/mol. The molecule has 258 valence electrons. The van der Waals surface area contributed by atoms with Crippen molar-refractivity contribution in [2.45, 2.75) is 22.8 Å². The maximum absolute atomic E-state index is 12.3. The van der Waals surface area contributed by atoms with Gasteiger partial charge in [-0.2, -0.15) is 27.1 Å². The zero-order valence-electron chi connectivity index (χ0n) is 24.7. The second-order valence-corrected chi connectivity index (χ2v) is 12.8. The van der Waals surface area contributed by atoms with E-state index in [1.54, 1.807) is 0 Å². The standard InChI is InChI=1S/C27H24N6O14S2/c1-12-4-20(31-32-25-24(49(44,45)46)6-13-5-23(48(41,42)43)18(28)8-16(13)26(25)36)22(47-11-15(35)10-34)9-19(12)30-29-14-2-3-21(33(39)40)17(7-14)27(37)38/h2-9,15,34-36H,10-11,28H2,1H3,(H,37,38)(H,41,42,43)(H,44,45,46). The molecule has 0 saturated heterocycles. The van der Waals surface area contributed by atoms with E-state index in [1.165, 1.54) is 19.1 Å². The van der Waals surface area contributed by atoms with Gasteiger partial charge in [0.05, 0.1) is 28.6 Å². The lowest BCUT2D eigenvalue weighted by Gasteiger charge is -2.14. The summed E-state index contributed by atoms with van der Waals surface area (Å²) in [6, 6.07) is 7.97. The number of hydrogen-bond donors (Lipinski definition) is 7. The average molecular weight is 721 g/mol. The van der Waals surface area contributed by atoms with Crippen LogP contribution in [0.5, 0.6) is 11.5 Å². The van der Waals surface area contributed by atoms with Gasteiger partial charge in [-0.1, -0.05) is 0 Å². The van der Waals surface area contributed by atoms with Gasteiger partial charge in [0, 0.05) is 17.5 Å². The molecule has 4 rings (SSSR count). The Morgan fingerprint density at radius 3 is 2.18 bits per heavy atom. The molecule has 0 aliphatic rings. The Bertz CT molecular complexity index is 2290. The Labute approximate surface area is 275 Å². The summed E-state index contributed by atoms with van der Waals surface area (Å²) in [7, 11) is -10.0. The molecule has 0 aromatic heterocycles. The number of hydrogen-bond acceptors (Lipinski definition) is 16. The first-order chi connectivity index (χ1) is 22.8. The van der Waals surface area contributed by atoms with Crippen molar-refractivity contribution in [1.82, 2.24) is 0 Å². The minimum absolute atomic E-state index is 0.0694. The Hall–Kier alpha value is -5.65. The molecule has 22 heteroatoms. The van der Waals surface area contributed by atoms with E-state index in [1.807, 2.05) is 0 Å². The molecule has 0 amide bonds. The van der Waals surface area contributed by atoms with Crippen LogP contribution in [0.1, 0.15) is 15.9 Å². The topological polar surface area (TPSA) is 335 Å². The number of nitrogen functional groups attached to an aromatic ring is 1. The number of carboxylic acids is 1. The zero-order valence-corrected chi connectivity index (χ0v) is 26.3. The molecule has 8 N–H and O–H groups in total. The summed E-state index contributed by atoms with van der Waals surface area (Å²) < 4.78 is 72.8. The molecule has 0 radical (unpaired) electrons. The number of aliphatic hydroxyl groups is 2. The van der Waals surface area contributed by atoms with E-state index >= 15 is 0 Å². The number of rotatable bonds is 12. The van der Waals surface area contributed by atoms with Crippen LogP contribution in [0.25, 0.3) is 10.8 Å². The molecule has 0 spiro atoms. The Morgan fingerprint density at radius 2 is 1.59 bits per heavy atom. The second kappa shape index (κ2) is 13.8. The third-order valence-electron chi connectivity index (χ3n) is 6.59. The molecular weight excluding hydrogens is 696 g/mol. The highest BCUT2D eigenvalue weighted by Crippen LogP contribution is 2.44. The Balaban J connectivity index is 1.85. The minimum Gasteiger partial charge on any atom is -0.505 e. The van der Waals surface area contributed by atoms with Gasteiger partial charge in [-0.25, -0.2) is 4.79 Å². The molecule has 4 aromatic carbocycles. The van der Waals surface area contributed by atoms with E-state index in [0.717, 1.165) is 36.4 Å². The van der Waals surface area contributed by atoms with Crippen LogP contribution in [0, 0.1) is 17.0 Å². The van der Waals surface area contributed by atoms with Crippen LogP contribution in [-0.4, -0.2) is 76.6 Å². The number of nitro benzene ring substituents is 1. The average Bonchev–Trinajstić information content (AvgIpc) is 3.01. The summed E-state index contributed by atoms with van der Waals surface area (Å²) in [5.41, 5.74) is 3.19. The van der Waals surface area contributed by atoms with Crippen molar-refractivity contribution in [3.8, 4) is 11.5 Å². The molecule has 1 unspecified atom stereocenters. The van der Waals surface area contributed by atoms with Gasteiger partial charge in [-0.3, -0.25) is 19.2 Å². The summed E-state index contributed by atoms with van der Waals surface area (Å²) in [6.07, 6.45) is -1.38. The molecule has 1 atom stereocenters. The molecular formula is C27H24N6O14S2. The summed E-state index contributed by atoms with van der Waals surface area (Å²) in [5, 5.41) is 65.6. The number of benzene rings is 4. The van der Waals surface area contributed by atoms with E-state index in [-0.39, 0.29) is 33.6 Å². The van der Waals surface area contributed by atoms with Crippen molar-refractivity contribution in [1.29, 1.82) is 0 Å². The van der Waals surface area contributed by atoms with Crippen LogP contribution < -0.4 is 10.5 Å². The first-order valence-electron chi connectivity index (χ1n) is 13.3. The number of aromatic carboxylic acids is 1. The van der Waals surface area contributed by atoms with Crippen LogP contribution in [0.15, 0.2) is 78.8 Å². The van der Waals surface area contributed by atoms with Crippen molar-refractivity contribution in [3.05, 3.63) is 69.8 Å². The molecule has 0 aliphatic carbocycles. The van der Waals surface area contributed by atoms with Crippen molar-refractivity contribution in [2.24, 2.45) is 20.5 Å². The van der Waals surface area contributed by atoms with Gasteiger partial charge in [0.1, 0.15) is 45.2 Å². The highest BCUT2D eigenvalue weighted by molar-refractivity contribution is 7.86. The van der Waals surface area contributed by atoms with Gasteiger partial charge in [0.25, 0.3) is 25.9 Å². The number of carbonyl (C=O) groups is 1. The fraction of sp³-hybridized carbons (Fsp3) is 0.148. The SMILES string of the molecule is Cc1cc(N=Nc2c(S(=O)(=O)O)cc3cc(S(=O)(=O)O)c(N)cc3c2O)c(OCC(O)CO)cc1N=Nc1ccc([N+](=O)[O-])c(C(=O)O)c1. The van der Waals surface area contributed by atoms with E-state index in [2.05, 4.69) is 20.5 Å². The Kier molecular flexibility index (Phi) is 10.2. The number of carboxylic acid groups (broad SMARTS) is 1. The molecule has 0 fully saturated rings. The van der Waals surface area contributed by atoms with Crippen molar-refractivity contribution in [2.75, 3.05) is 18.9 Å². The van der Waals surface area contributed by atoms with Crippen molar-refractivity contribution < 1.29 is 60.8 Å². The third kappa shape index (κ3) is 8.08. The lowest BCUT2D eigenvalue weighted by molar-refractivity contribution is -0.385. The number of nitrogens with zero attached hydrogens (tertiary/aromatic N) is 5. The van der Waals surface area contributed by atoms with Gasteiger partial charge in [0.15, 0.2) is 5.75 Å². The number of ether oxygens (including phenoxy) is 1. The molecule has 0 heterocycles. The molecule has 0 saturated carbocycles. The quantitative estimate of drug-likeness (QED) is 0.0356. The first kappa shape index (κ1) is 36.2. The van der Waals surface area contributed by atoms with Crippen molar-refractivity contribution >= 4 is 71.1 Å². The maximum Gasteiger partial charge on any atom is 0.342 e. The van der Waals surface area contributed by atoms with Gasteiger partial charge < -0.3 is 30.9 Å². The largest absolute Gasteiger partial charge is 0.505 e. The highest BCUT2D eigenvalue weighted by atomic mass is 32.2. The lowest BCUT2D eigenvalue weighted by atomic mass is 10.1. The fourth-order valence-electron chi connectivity index (χ4n) is 4.24. The molecule has 4 aromatic rings. The van der Waals surface area contributed by atoms with E-state index in [9.17, 15) is 61.3 Å². The third-order valence-corrected chi connectivity index (χ3v) is 8.37. The fourth-order valence-corrected chi connectivity index (χ4v) is 5.53. The molecule has 20 nitrogen and oxygen atoms in total. The van der Waals surface area contributed by atoms with Gasteiger partial charge in [-0.05, 0) is 54.3 Å². The monoisotopic (exact) mass is 720 g/mol. The summed E-state index contributed by atoms with van der Waals surface area (Å²) in [5.74, 6) is -2.68. The number of phenolic OH excluding ortho intramolecular Hbond substituents is 1. The number of anilines is 1. The summed E-state index contributed by atoms with van der Waals surface area (Å²) >= 11 is 0. The van der Waals surface area contributed by atoms with E-state index in [0.29, 0.717) is 5.56 Å². The number of aliphatic hydroxyl groups excluding tert-OH is 2. The van der Waals surface area contributed by atoms with E-state index in [4.69, 9.17) is 10.5 Å². The van der Waals surface area contributed by atoms with Gasteiger partial charge in [0.2, 0.25) is 0 Å². The number of aryl methyl sites for hydroxylation is 1. The maximum atomic E-state index is 12.3. The van der Waals surface area contributed by atoms with Crippen LogP contribution >= 0.6 is 0 Å². The molecule has 0 bridgehead atoms.